The van der Waals surface area contributed by atoms with E-state index in [4.69, 9.17) is 18.9 Å². The van der Waals surface area contributed by atoms with Crippen molar-refractivity contribution in [1.82, 2.24) is 14.7 Å². The third kappa shape index (κ3) is 9.47. The Morgan fingerprint density at radius 2 is 1.73 bits per heavy atom. The van der Waals surface area contributed by atoms with Gasteiger partial charge in [-0.15, -0.1) is 0 Å². The molecule has 11 heteroatoms. The highest BCUT2D eigenvalue weighted by Gasteiger charge is 2.51. The largest absolute Gasteiger partial charge is 0.463 e. The first-order valence-electron chi connectivity index (χ1n) is 17.0. The number of β-amino-alcohol motifs (C(OH)–C–C–N with tert-alkyl or cyclic N) is 1. The van der Waals surface area contributed by atoms with Crippen LogP contribution in [0, 0.1) is 23.2 Å². The Morgan fingerprint density at radius 3 is 2.31 bits per heavy atom. The summed E-state index contributed by atoms with van der Waals surface area (Å²) >= 11 is 0. The standard InChI is InChI=1S/C34H63N3O8/c1-22-19-34(6,42-10)30(45-31-28(39)27(35(7)8)17-23(2)44-31)24(3)29(40)33(4,5)32(41)43-21-26(36(9)20-22)18-25-11-13-37(14-12-25)15-16-38/h22-28,30-31,38-39H,11-21H2,1-10H3/t22-,23-,24+,26-,27+,28-,30-,31+,34-/m1/s1. The van der Waals surface area contributed by atoms with E-state index in [0.717, 1.165) is 38.9 Å². The van der Waals surface area contributed by atoms with E-state index in [9.17, 15) is 19.8 Å². The molecule has 0 saturated carbocycles. The first-order chi connectivity index (χ1) is 21.0. The van der Waals surface area contributed by atoms with Crippen molar-refractivity contribution in [2.45, 2.75) is 116 Å². The SMILES string of the molecule is CO[C@]1(C)C[C@@H](C)CN(C)[C@H](CC2CCN(CCO)CC2)COC(=O)C(C)(C)C(=O)[C@H](C)[C@H]1O[C@@H]1O[C@H](C)C[C@H](N(C)C)[C@H]1O. The molecule has 3 fully saturated rings. The maximum atomic E-state index is 14.2. The van der Waals surface area contributed by atoms with E-state index >= 15 is 0 Å². The summed E-state index contributed by atoms with van der Waals surface area (Å²) in [5.41, 5.74) is -2.34. The molecular weight excluding hydrogens is 578 g/mol. The quantitative estimate of drug-likeness (QED) is 0.300. The molecule has 262 valence electrons. The van der Waals surface area contributed by atoms with Crippen LogP contribution in [0.2, 0.25) is 0 Å². The minimum Gasteiger partial charge on any atom is -0.463 e. The van der Waals surface area contributed by atoms with Gasteiger partial charge < -0.3 is 39.0 Å². The fourth-order valence-electron chi connectivity index (χ4n) is 7.81. The molecule has 3 aliphatic heterocycles. The lowest BCUT2D eigenvalue weighted by Gasteiger charge is -2.47. The minimum atomic E-state index is -1.42. The van der Waals surface area contributed by atoms with Crippen molar-refractivity contribution in [2.75, 3.05) is 67.6 Å². The maximum absolute atomic E-state index is 14.2. The number of likely N-dealkylation sites (tertiary alicyclic amines) is 1. The van der Waals surface area contributed by atoms with Crippen molar-refractivity contribution in [3.8, 4) is 0 Å². The van der Waals surface area contributed by atoms with Crippen LogP contribution in [0.25, 0.3) is 0 Å². The van der Waals surface area contributed by atoms with Crippen molar-refractivity contribution in [3.63, 3.8) is 0 Å². The number of ether oxygens (including phenoxy) is 4. The van der Waals surface area contributed by atoms with Gasteiger partial charge in [-0.2, -0.15) is 0 Å². The highest BCUT2D eigenvalue weighted by molar-refractivity contribution is 6.04. The lowest BCUT2D eigenvalue weighted by Crippen LogP contribution is -2.59. The zero-order chi connectivity index (χ0) is 33.7. The van der Waals surface area contributed by atoms with Gasteiger partial charge in [0, 0.05) is 38.2 Å². The number of rotatable bonds is 8. The second-order valence-electron chi connectivity index (χ2n) is 15.2. The van der Waals surface area contributed by atoms with E-state index in [-0.39, 0.29) is 43.1 Å². The van der Waals surface area contributed by atoms with E-state index in [1.807, 2.05) is 32.8 Å². The number of aliphatic hydroxyl groups is 2. The zero-order valence-electron chi connectivity index (χ0n) is 29.7. The molecule has 0 aromatic heterocycles. The van der Waals surface area contributed by atoms with E-state index in [0.29, 0.717) is 25.3 Å². The summed E-state index contributed by atoms with van der Waals surface area (Å²) in [5.74, 6) is -0.956. The molecule has 0 aliphatic carbocycles. The molecule has 11 nitrogen and oxygen atoms in total. The van der Waals surface area contributed by atoms with Gasteiger partial charge in [0.25, 0.3) is 0 Å². The average molecular weight is 642 g/mol. The van der Waals surface area contributed by atoms with Crippen LogP contribution in [0.1, 0.15) is 73.6 Å². The Kier molecular flexibility index (Phi) is 13.8. The molecule has 3 saturated heterocycles. The third-order valence-corrected chi connectivity index (χ3v) is 10.7. The topological polar surface area (TPSA) is 121 Å². The summed E-state index contributed by atoms with van der Waals surface area (Å²) in [6, 6.07) is -0.169. The van der Waals surface area contributed by atoms with Crippen LogP contribution < -0.4 is 0 Å². The van der Waals surface area contributed by atoms with Crippen LogP contribution in [-0.4, -0.2) is 147 Å². The van der Waals surface area contributed by atoms with Crippen molar-refractivity contribution in [3.05, 3.63) is 0 Å². The molecule has 0 aromatic carbocycles. The number of ketones is 1. The van der Waals surface area contributed by atoms with E-state index in [2.05, 4.69) is 23.8 Å². The van der Waals surface area contributed by atoms with Gasteiger partial charge in [-0.1, -0.05) is 13.8 Å². The number of carbonyl (C=O) groups excluding carboxylic acids is 2. The number of nitrogens with zero attached hydrogens (tertiary/aromatic N) is 3. The fraction of sp³-hybridized carbons (Fsp3) is 0.941. The molecule has 45 heavy (non-hydrogen) atoms. The molecule has 3 rings (SSSR count). The zero-order valence-corrected chi connectivity index (χ0v) is 29.7. The van der Waals surface area contributed by atoms with Crippen LogP contribution >= 0.6 is 0 Å². The number of hydrogen-bond donors (Lipinski definition) is 2. The number of hydrogen-bond acceptors (Lipinski definition) is 11. The molecule has 0 bridgehead atoms. The van der Waals surface area contributed by atoms with Crippen molar-refractivity contribution < 1.29 is 38.7 Å². The number of aliphatic hydroxyl groups excluding tert-OH is 2. The van der Waals surface area contributed by atoms with Crippen molar-refractivity contribution in [1.29, 1.82) is 0 Å². The van der Waals surface area contributed by atoms with Crippen LogP contribution in [0.4, 0.5) is 0 Å². The average Bonchev–Trinajstić information content (AvgIpc) is 2.98. The maximum Gasteiger partial charge on any atom is 0.319 e. The summed E-state index contributed by atoms with van der Waals surface area (Å²) in [5, 5.41) is 20.6. The van der Waals surface area contributed by atoms with Gasteiger partial charge in [0.1, 0.15) is 18.1 Å². The number of cyclic esters (lactones) is 1. The smallest absolute Gasteiger partial charge is 0.319 e. The minimum absolute atomic E-state index is 0.00552. The molecule has 0 unspecified atom stereocenters. The van der Waals surface area contributed by atoms with Crippen LogP contribution in [0.15, 0.2) is 0 Å². The van der Waals surface area contributed by atoms with Crippen molar-refractivity contribution in [2.24, 2.45) is 23.2 Å². The Bertz CT molecular complexity index is 958. The molecular formula is C34H63N3O8. The second-order valence-corrected chi connectivity index (χ2v) is 15.2. The van der Waals surface area contributed by atoms with Gasteiger partial charge in [-0.3, -0.25) is 14.5 Å². The van der Waals surface area contributed by atoms with E-state index < -0.39 is 41.4 Å². The molecule has 0 aromatic rings. The molecule has 0 radical (unpaired) electrons. The van der Waals surface area contributed by atoms with Gasteiger partial charge in [0.05, 0.1) is 24.4 Å². The number of piperidine rings is 1. The molecule has 3 aliphatic rings. The predicted molar refractivity (Wildman–Crippen MR) is 173 cm³/mol. The molecule has 9 atom stereocenters. The third-order valence-electron chi connectivity index (χ3n) is 10.7. The van der Waals surface area contributed by atoms with E-state index in [1.54, 1.807) is 27.9 Å². The second kappa shape index (κ2) is 16.3. The predicted octanol–water partition coefficient (Wildman–Crippen LogP) is 2.41. The highest BCUT2D eigenvalue weighted by atomic mass is 16.7. The van der Waals surface area contributed by atoms with Gasteiger partial charge in [-0.25, -0.2) is 0 Å². The van der Waals surface area contributed by atoms with Crippen LogP contribution in [-0.2, 0) is 28.5 Å². The highest BCUT2D eigenvalue weighted by Crippen LogP contribution is 2.38. The Labute approximate surface area is 271 Å². The Hall–Kier alpha value is -1.18. The number of carbonyl (C=O) groups is 2. The summed E-state index contributed by atoms with van der Waals surface area (Å²) < 4.78 is 25.0. The molecule has 0 spiro atoms. The number of methoxy groups -OCH3 is 1. The first kappa shape index (κ1) is 38.3. The number of likely N-dealkylation sites (N-methyl/N-ethyl adjacent to an activating group) is 2. The lowest BCUT2D eigenvalue weighted by atomic mass is 9.74. The first-order valence-corrected chi connectivity index (χ1v) is 17.0. The fourth-order valence-corrected chi connectivity index (χ4v) is 7.81. The van der Waals surface area contributed by atoms with Crippen LogP contribution in [0.3, 0.4) is 0 Å². The molecule has 0 amide bonds. The Morgan fingerprint density at radius 1 is 1.09 bits per heavy atom. The monoisotopic (exact) mass is 641 g/mol. The summed E-state index contributed by atoms with van der Waals surface area (Å²) in [6.07, 6.45) is 1.37. The van der Waals surface area contributed by atoms with Gasteiger partial charge >= 0.3 is 5.97 Å². The molecule has 3 heterocycles. The molecule has 2 N–H and O–H groups in total. The Balaban J connectivity index is 1.90. The summed E-state index contributed by atoms with van der Waals surface area (Å²) in [7, 11) is 7.57. The van der Waals surface area contributed by atoms with Gasteiger partial charge in [0.2, 0.25) is 0 Å². The number of Topliss-reactive ketones (excluding diaryl/α,β-unsaturated/α-hetero) is 1. The van der Waals surface area contributed by atoms with Crippen molar-refractivity contribution >= 4 is 11.8 Å². The van der Waals surface area contributed by atoms with Gasteiger partial charge in [0.15, 0.2) is 12.1 Å². The van der Waals surface area contributed by atoms with Crippen LogP contribution in [0.5, 0.6) is 0 Å². The normalized spacial score (nSPS) is 38.8. The lowest BCUT2D eigenvalue weighted by molar-refractivity contribution is -0.295. The summed E-state index contributed by atoms with van der Waals surface area (Å²) in [6.45, 7) is 14.9. The van der Waals surface area contributed by atoms with Gasteiger partial charge in [-0.05, 0) is 106 Å². The number of esters is 1. The summed E-state index contributed by atoms with van der Waals surface area (Å²) in [4.78, 5) is 34.4. The van der Waals surface area contributed by atoms with E-state index in [1.165, 1.54) is 0 Å².